The third-order valence-electron chi connectivity index (χ3n) is 2.40. The van der Waals surface area contributed by atoms with E-state index in [0.717, 1.165) is 12.0 Å². The third kappa shape index (κ3) is 4.31. The van der Waals surface area contributed by atoms with Gasteiger partial charge in [-0.15, -0.1) is 0 Å². The summed E-state index contributed by atoms with van der Waals surface area (Å²) in [4.78, 5) is 10.0. The van der Waals surface area contributed by atoms with Gasteiger partial charge in [0, 0.05) is 7.11 Å². The van der Waals surface area contributed by atoms with Crippen LogP contribution in [0.4, 0.5) is 0 Å². The zero-order valence-electron chi connectivity index (χ0n) is 10.4. The second-order valence-electron chi connectivity index (χ2n) is 3.92. The maximum atomic E-state index is 10.7. The first-order valence-electron chi connectivity index (χ1n) is 5.60. The van der Waals surface area contributed by atoms with Gasteiger partial charge in [0.1, 0.15) is 5.75 Å². The molecule has 0 saturated carbocycles. The topological polar surface area (TPSA) is 81.8 Å². The van der Waals surface area contributed by atoms with Crippen molar-refractivity contribution in [1.82, 2.24) is 0 Å². The summed E-state index contributed by atoms with van der Waals surface area (Å²) in [7, 11) is 1.63. The zero-order valence-corrected chi connectivity index (χ0v) is 10.4. The van der Waals surface area contributed by atoms with Gasteiger partial charge in [0.2, 0.25) is 0 Å². The predicted molar refractivity (Wildman–Crippen MR) is 65.1 cm³/mol. The Labute approximate surface area is 105 Å². The number of rotatable bonds is 7. The summed E-state index contributed by atoms with van der Waals surface area (Å²) < 4.78 is 10.1. The fraction of sp³-hybridized carbons (Fsp3) is 0.500. The molecule has 1 aromatic carbocycles. The van der Waals surface area contributed by atoms with Crippen LogP contribution in [0.5, 0.6) is 5.75 Å². The molecule has 0 spiro atoms. The van der Waals surface area contributed by atoms with Crippen LogP contribution in [0.2, 0.25) is 0 Å². The number of nitrogens with zero attached hydrogens (tertiary/aromatic N) is 1. The molecule has 0 aliphatic rings. The Kier molecular flexibility index (Phi) is 5.54. The van der Waals surface area contributed by atoms with E-state index < -0.39 is 17.3 Å². The molecule has 0 aliphatic heterocycles. The molecule has 1 N–H and O–H groups in total. The number of ether oxygens (including phenoxy) is 2. The van der Waals surface area contributed by atoms with Crippen molar-refractivity contribution in [1.29, 1.82) is 0 Å². The average Bonchev–Trinajstić information content (AvgIpc) is 2.34. The second kappa shape index (κ2) is 6.93. The minimum absolute atomic E-state index is 0.360. The van der Waals surface area contributed by atoms with Crippen molar-refractivity contribution in [2.75, 3.05) is 13.7 Å². The van der Waals surface area contributed by atoms with Crippen LogP contribution in [0.15, 0.2) is 24.3 Å². The molecule has 0 fully saturated rings. The third-order valence-corrected chi connectivity index (χ3v) is 2.40. The molecule has 2 atom stereocenters. The molecule has 0 saturated heterocycles. The minimum atomic E-state index is -1.45. The van der Waals surface area contributed by atoms with Crippen LogP contribution < -0.4 is 4.74 Å². The van der Waals surface area contributed by atoms with Crippen molar-refractivity contribution in [2.24, 2.45) is 0 Å². The summed E-state index contributed by atoms with van der Waals surface area (Å²) >= 11 is 0. The Morgan fingerprint density at radius 1 is 1.39 bits per heavy atom. The standard InChI is InChI=1S/C12H17NO5/c1-9(14)12(13(15)16)18-11-5-3-10(4-6-11)7-8-17-2/h3-6,9,12,14H,7-8H2,1-2H3. The van der Waals surface area contributed by atoms with Gasteiger partial charge in [0.25, 0.3) is 0 Å². The Morgan fingerprint density at radius 2 is 2.00 bits per heavy atom. The molecule has 0 aliphatic carbocycles. The van der Waals surface area contributed by atoms with E-state index in [1.807, 2.05) is 12.1 Å². The number of aliphatic hydroxyl groups is 1. The fourth-order valence-corrected chi connectivity index (χ4v) is 1.41. The van der Waals surface area contributed by atoms with Crippen LogP contribution in [0.3, 0.4) is 0 Å². The van der Waals surface area contributed by atoms with Gasteiger partial charge in [-0.05, 0) is 31.0 Å². The first kappa shape index (κ1) is 14.4. The molecule has 0 aromatic heterocycles. The maximum Gasteiger partial charge on any atom is 0.379 e. The minimum Gasteiger partial charge on any atom is -0.428 e. The van der Waals surface area contributed by atoms with Gasteiger partial charge in [0.05, 0.1) is 11.5 Å². The molecule has 6 heteroatoms. The van der Waals surface area contributed by atoms with E-state index in [0.29, 0.717) is 12.4 Å². The summed E-state index contributed by atoms with van der Waals surface area (Å²) in [6.07, 6.45) is -1.85. The van der Waals surface area contributed by atoms with E-state index in [9.17, 15) is 15.2 Å². The van der Waals surface area contributed by atoms with Crippen molar-refractivity contribution in [3.8, 4) is 5.75 Å². The van der Waals surface area contributed by atoms with Gasteiger partial charge in [-0.2, -0.15) is 0 Å². The number of nitro groups is 1. The van der Waals surface area contributed by atoms with Crippen LogP contribution in [-0.2, 0) is 11.2 Å². The monoisotopic (exact) mass is 255 g/mol. The van der Waals surface area contributed by atoms with Crippen molar-refractivity contribution in [3.05, 3.63) is 39.9 Å². The molecular formula is C12H17NO5. The Bertz CT molecular complexity index is 377. The molecular weight excluding hydrogens is 238 g/mol. The van der Waals surface area contributed by atoms with Crippen LogP contribution in [0.25, 0.3) is 0 Å². The molecule has 0 heterocycles. The quantitative estimate of drug-likeness (QED) is 0.450. The van der Waals surface area contributed by atoms with E-state index in [1.54, 1.807) is 19.2 Å². The van der Waals surface area contributed by atoms with Gasteiger partial charge >= 0.3 is 6.23 Å². The lowest BCUT2D eigenvalue weighted by Crippen LogP contribution is -2.36. The molecule has 0 bridgehead atoms. The molecule has 1 aromatic rings. The van der Waals surface area contributed by atoms with Crippen LogP contribution in [0.1, 0.15) is 12.5 Å². The molecule has 0 amide bonds. The van der Waals surface area contributed by atoms with Crippen molar-refractivity contribution < 1.29 is 19.5 Å². The van der Waals surface area contributed by atoms with E-state index in [2.05, 4.69) is 0 Å². The first-order chi connectivity index (χ1) is 8.54. The lowest BCUT2D eigenvalue weighted by molar-refractivity contribution is -0.574. The average molecular weight is 255 g/mol. The predicted octanol–water partition coefficient (Wildman–Crippen LogP) is 1.24. The number of methoxy groups -OCH3 is 1. The number of hydrogen-bond acceptors (Lipinski definition) is 5. The van der Waals surface area contributed by atoms with Crippen LogP contribution in [0, 0.1) is 10.1 Å². The Balaban J connectivity index is 2.64. The SMILES string of the molecule is COCCc1ccc(OC(C(C)O)[N+](=O)[O-])cc1. The zero-order chi connectivity index (χ0) is 13.5. The van der Waals surface area contributed by atoms with E-state index in [4.69, 9.17) is 9.47 Å². The lowest BCUT2D eigenvalue weighted by atomic mass is 10.1. The van der Waals surface area contributed by atoms with Crippen molar-refractivity contribution >= 4 is 0 Å². The fourth-order valence-electron chi connectivity index (χ4n) is 1.41. The highest BCUT2D eigenvalue weighted by Gasteiger charge is 2.28. The summed E-state index contributed by atoms with van der Waals surface area (Å²) in [5.41, 5.74) is 1.05. The highest BCUT2D eigenvalue weighted by Crippen LogP contribution is 2.15. The van der Waals surface area contributed by atoms with Crippen molar-refractivity contribution in [2.45, 2.75) is 25.7 Å². The molecule has 0 radical (unpaired) electrons. The lowest BCUT2D eigenvalue weighted by Gasteiger charge is -2.14. The normalized spacial score (nSPS) is 13.9. The molecule has 100 valence electrons. The van der Waals surface area contributed by atoms with Gasteiger partial charge in [0.15, 0.2) is 6.10 Å². The van der Waals surface area contributed by atoms with Crippen molar-refractivity contribution in [3.63, 3.8) is 0 Å². The van der Waals surface area contributed by atoms with Crippen LogP contribution >= 0.6 is 0 Å². The van der Waals surface area contributed by atoms with E-state index in [-0.39, 0.29) is 0 Å². The highest BCUT2D eigenvalue weighted by molar-refractivity contribution is 5.27. The Morgan fingerprint density at radius 3 is 2.44 bits per heavy atom. The first-order valence-corrected chi connectivity index (χ1v) is 5.60. The van der Waals surface area contributed by atoms with Crippen LogP contribution in [-0.4, -0.2) is 36.1 Å². The molecule has 1 rings (SSSR count). The van der Waals surface area contributed by atoms with Gasteiger partial charge in [-0.3, -0.25) is 10.1 Å². The Hall–Kier alpha value is -1.66. The summed E-state index contributed by atoms with van der Waals surface area (Å²) in [5, 5.41) is 19.9. The number of aliphatic hydroxyl groups excluding tert-OH is 1. The molecule has 2 unspecified atom stereocenters. The smallest absolute Gasteiger partial charge is 0.379 e. The highest BCUT2D eigenvalue weighted by atomic mass is 16.7. The molecule has 18 heavy (non-hydrogen) atoms. The van der Waals surface area contributed by atoms with Gasteiger partial charge in [-0.1, -0.05) is 12.1 Å². The largest absolute Gasteiger partial charge is 0.428 e. The number of hydrogen-bond donors (Lipinski definition) is 1. The summed E-state index contributed by atoms with van der Waals surface area (Å²) in [5.74, 6) is 0.360. The number of benzene rings is 1. The maximum absolute atomic E-state index is 10.7. The summed E-state index contributed by atoms with van der Waals surface area (Å²) in [6.45, 7) is 1.94. The van der Waals surface area contributed by atoms with Gasteiger partial charge < -0.3 is 14.6 Å². The van der Waals surface area contributed by atoms with E-state index in [1.165, 1.54) is 6.92 Å². The molecule has 6 nitrogen and oxygen atoms in total. The van der Waals surface area contributed by atoms with E-state index >= 15 is 0 Å². The second-order valence-corrected chi connectivity index (χ2v) is 3.92. The summed E-state index contributed by atoms with van der Waals surface area (Å²) in [6, 6.07) is 6.91. The van der Waals surface area contributed by atoms with Gasteiger partial charge in [-0.25, -0.2) is 0 Å².